The van der Waals surface area contributed by atoms with Crippen molar-refractivity contribution >= 4 is 18.3 Å². The van der Waals surface area contributed by atoms with Crippen molar-refractivity contribution in [2.24, 2.45) is 5.92 Å². The Bertz CT molecular complexity index is 443. The monoisotopic (exact) mass is 298 g/mol. The van der Waals surface area contributed by atoms with Crippen LogP contribution in [-0.4, -0.2) is 31.6 Å². The fraction of sp³-hybridized carbons (Fsp3) is 0.533. The summed E-state index contributed by atoms with van der Waals surface area (Å²) >= 11 is 0. The van der Waals surface area contributed by atoms with Gasteiger partial charge in [0.05, 0.1) is 12.7 Å². The summed E-state index contributed by atoms with van der Waals surface area (Å²) in [7, 11) is 1.58. The molecule has 0 aromatic heterocycles. The van der Waals surface area contributed by atoms with Gasteiger partial charge in [0.25, 0.3) is 5.91 Å². The molecule has 4 nitrogen and oxygen atoms in total. The Balaban J connectivity index is 0.00000200. The molecule has 0 radical (unpaired) electrons. The number of rotatable bonds is 3. The van der Waals surface area contributed by atoms with Crippen LogP contribution in [-0.2, 0) is 0 Å². The van der Waals surface area contributed by atoms with Gasteiger partial charge >= 0.3 is 0 Å². The van der Waals surface area contributed by atoms with Crippen molar-refractivity contribution in [3.63, 3.8) is 0 Å². The largest absolute Gasteiger partial charge is 0.496 e. The summed E-state index contributed by atoms with van der Waals surface area (Å²) in [5.41, 5.74) is 0.593. The molecule has 3 unspecified atom stereocenters. The SMILES string of the molecule is COc1ccccc1C(=O)NC1C(C)CCNC1C.Cl. The molecule has 1 aromatic rings. The fourth-order valence-corrected chi connectivity index (χ4v) is 2.67. The van der Waals surface area contributed by atoms with E-state index in [0.717, 1.165) is 13.0 Å². The zero-order valence-electron chi connectivity index (χ0n) is 12.2. The van der Waals surface area contributed by atoms with E-state index in [2.05, 4.69) is 24.5 Å². The standard InChI is InChI=1S/C15H22N2O2.ClH/c1-10-8-9-16-11(2)14(10)17-15(18)12-6-4-5-7-13(12)19-3;/h4-7,10-11,14,16H,8-9H2,1-3H3,(H,17,18);1H. The fourth-order valence-electron chi connectivity index (χ4n) is 2.67. The van der Waals surface area contributed by atoms with Crippen molar-refractivity contribution < 1.29 is 9.53 Å². The van der Waals surface area contributed by atoms with Crippen LogP contribution in [0.5, 0.6) is 5.75 Å². The lowest BCUT2D eigenvalue weighted by Gasteiger charge is -2.36. The molecule has 1 amide bonds. The molecule has 112 valence electrons. The van der Waals surface area contributed by atoms with Crippen LogP contribution < -0.4 is 15.4 Å². The van der Waals surface area contributed by atoms with Crippen LogP contribution in [0.15, 0.2) is 24.3 Å². The second-order valence-corrected chi connectivity index (χ2v) is 5.21. The average molecular weight is 299 g/mol. The van der Waals surface area contributed by atoms with Gasteiger partial charge in [-0.05, 0) is 37.9 Å². The molecule has 0 spiro atoms. The lowest BCUT2D eigenvalue weighted by atomic mass is 9.89. The van der Waals surface area contributed by atoms with Gasteiger partial charge in [0, 0.05) is 12.1 Å². The van der Waals surface area contributed by atoms with Crippen molar-refractivity contribution in [1.82, 2.24) is 10.6 Å². The van der Waals surface area contributed by atoms with Gasteiger partial charge in [0.15, 0.2) is 0 Å². The number of amides is 1. The molecule has 5 heteroatoms. The number of piperidine rings is 1. The highest BCUT2D eigenvalue weighted by Gasteiger charge is 2.29. The number of carbonyl (C=O) groups excluding carboxylic acids is 1. The molecule has 1 saturated heterocycles. The molecule has 2 rings (SSSR count). The lowest BCUT2D eigenvalue weighted by molar-refractivity contribution is 0.0894. The Hall–Kier alpha value is -1.26. The first kappa shape index (κ1) is 16.8. The highest BCUT2D eigenvalue weighted by molar-refractivity contribution is 5.97. The first-order valence-corrected chi connectivity index (χ1v) is 6.80. The van der Waals surface area contributed by atoms with E-state index in [1.807, 2.05) is 12.1 Å². The number of methoxy groups -OCH3 is 1. The van der Waals surface area contributed by atoms with Crippen LogP contribution in [0, 0.1) is 5.92 Å². The Labute approximate surface area is 126 Å². The van der Waals surface area contributed by atoms with E-state index < -0.39 is 0 Å². The Morgan fingerprint density at radius 2 is 2.05 bits per heavy atom. The van der Waals surface area contributed by atoms with Gasteiger partial charge in [-0.2, -0.15) is 0 Å². The zero-order valence-corrected chi connectivity index (χ0v) is 13.0. The summed E-state index contributed by atoms with van der Waals surface area (Å²) in [5.74, 6) is 1.03. The van der Waals surface area contributed by atoms with Crippen molar-refractivity contribution in [1.29, 1.82) is 0 Å². The highest BCUT2D eigenvalue weighted by Crippen LogP contribution is 2.20. The molecule has 0 bridgehead atoms. The van der Waals surface area contributed by atoms with Gasteiger partial charge in [-0.1, -0.05) is 19.1 Å². The van der Waals surface area contributed by atoms with Gasteiger partial charge in [-0.3, -0.25) is 4.79 Å². The molecular weight excluding hydrogens is 276 g/mol. The minimum atomic E-state index is -0.0650. The number of nitrogens with one attached hydrogen (secondary N) is 2. The smallest absolute Gasteiger partial charge is 0.255 e. The van der Waals surface area contributed by atoms with Gasteiger partial charge < -0.3 is 15.4 Å². The Morgan fingerprint density at radius 3 is 2.70 bits per heavy atom. The molecule has 3 atom stereocenters. The first-order valence-electron chi connectivity index (χ1n) is 6.80. The number of para-hydroxylation sites is 1. The van der Waals surface area contributed by atoms with E-state index in [-0.39, 0.29) is 24.4 Å². The minimum absolute atomic E-state index is 0. The van der Waals surface area contributed by atoms with Gasteiger partial charge in [0.2, 0.25) is 0 Å². The lowest BCUT2D eigenvalue weighted by Crippen LogP contribution is -2.55. The number of benzene rings is 1. The molecular formula is C15H23ClN2O2. The third-order valence-corrected chi connectivity index (χ3v) is 3.87. The van der Waals surface area contributed by atoms with Crippen molar-refractivity contribution in [3.05, 3.63) is 29.8 Å². The summed E-state index contributed by atoms with van der Waals surface area (Å²) in [6.45, 7) is 5.32. The number of carbonyl (C=O) groups is 1. The number of hydrogen-bond acceptors (Lipinski definition) is 3. The molecule has 20 heavy (non-hydrogen) atoms. The maximum Gasteiger partial charge on any atom is 0.255 e. The molecule has 0 saturated carbocycles. The van der Waals surface area contributed by atoms with Crippen LogP contribution in [0.2, 0.25) is 0 Å². The maximum atomic E-state index is 12.4. The first-order chi connectivity index (χ1) is 9.13. The van der Waals surface area contributed by atoms with Crippen molar-refractivity contribution in [2.45, 2.75) is 32.4 Å². The predicted octanol–water partition coefficient (Wildman–Crippen LogP) is 2.23. The number of ether oxygens (including phenoxy) is 1. The molecule has 1 fully saturated rings. The molecule has 1 aliphatic heterocycles. The van der Waals surface area contributed by atoms with Crippen molar-refractivity contribution in [3.8, 4) is 5.75 Å². The van der Waals surface area contributed by atoms with Crippen LogP contribution in [0.3, 0.4) is 0 Å². The van der Waals surface area contributed by atoms with Crippen LogP contribution in [0.1, 0.15) is 30.6 Å². The summed E-state index contributed by atoms with van der Waals surface area (Å²) in [6.07, 6.45) is 1.08. The summed E-state index contributed by atoms with van der Waals surface area (Å²) in [5, 5.41) is 6.53. The van der Waals surface area contributed by atoms with Crippen LogP contribution in [0.25, 0.3) is 0 Å². The second kappa shape index (κ2) is 7.50. The van der Waals surface area contributed by atoms with E-state index in [9.17, 15) is 4.79 Å². The predicted molar refractivity (Wildman–Crippen MR) is 82.7 cm³/mol. The number of hydrogen-bond donors (Lipinski definition) is 2. The topological polar surface area (TPSA) is 50.4 Å². The zero-order chi connectivity index (χ0) is 13.8. The minimum Gasteiger partial charge on any atom is -0.496 e. The van der Waals surface area contributed by atoms with Crippen molar-refractivity contribution in [2.75, 3.05) is 13.7 Å². The highest BCUT2D eigenvalue weighted by atomic mass is 35.5. The quantitative estimate of drug-likeness (QED) is 0.900. The Morgan fingerprint density at radius 1 is 1.35 bits per heavy atom. The van der Waals surface area contributed by atoms with E-state index >= 15 is 0 Å². The van der Waals surface area contributed by atoms with E-state index in [0.29, 0.717) is 23.3 Å². The van der Waals surface area contributed by atoms with Crippen LogP contribution >= 0.6 is 12.4 Å². The molecule has 1 aliphatic rings. The maximum absolute atomic E-state index is 12.4. The summed E-state index contributed by atoms with van der Waals surface area (Å²) in [4.78, 5) is 12.4. The molecule has 0 aliphatic carbocycles. The third-order valence-electron chi connectivity index (χ3n) is 3.87. The van der Waals surface area contributed by atoms with E-state index in [4.69, 9.17) is 4.74 Å². The summed E-state index contributed by atoms with van der Waals surface area (Å²) < 4.78 is 5.23. The molecule has 2 N–H and O–H groups in total. The van der Waals surface area contributed by atoms with Gasteiger partial charge in [-0.15, -0.1) is 12.4 Å². The second-order valence-electron chi connectivity index (χ2n) is 5.21. The molecule has 1 heterocycles. The third kappa shape index (κ3) is 3.64. The van der Waals surface area contributed by atoms with E-state index in [1.54, 1.807) is 19.2 Å². The summed E-state index contributed by atoms with van der Waals surface area (Å²) in [6, 6.07) is 7.76. The number of halogens is 1. The average Bonchev–Trinajstić information content (AvgIpc) is 2.42. The van der Waals surface area contributed by atoms with E-state index in [1.165, 1.54) is 0 Å². The Kier molecular flexibility index (Phi) is 6.30. The molecule has 1 aromatic carbocycles. The van der Waals surface area contributed by atoms with Gasteiger partial charge in [0.1, 0.15) is 5.75 Å². The normalized spacial score (nSPS) is 25.4. The van der Waals surface area contributed by atoms with Crippen LogP contribution in [0.4, 0.5) is 0 Å². The van der Waals surface area contributed by atoms with Gasteiger partial charge in [-0.25, -0.2) is 0 Å².